The molecule has 18 heavy (non-hydrogen) atoms. The zero-order valence-corrected chi connectivity index (χ0v) is 11.7. The maximum Gasteiger partial charge on any atom is 0.339 e. The molecule has 2 N–H and O–H groups in total. The van der Waals surface area contributed by atoms with Crippen molar-refractivity contribution in [2.45, 2.75) is 39.7 Å². The molecule has 2 unspecified atom stereocenters. The molecule has 1 rings (SSSR count). The van der Waals surface area contributed by atoms with Crippen LogP contribution in [0.3, 0.4) is 0 Å². The van der Waals surface area contributed by atoms with E-state index in [0.717, 1.165) is 12.8 Å². The molecule has 0 spiro atoms. The molecule has 100 valence electrons. The monoisotopic (exact) mass is 270 g/mol. The van der Waals surface area contributed by atoms with Crippen LogP contribution in [0.25, 0.3) is 0 Å². The summed E-state index contributed by atoms with van der Waals surface area (Å²) >= 11 is 5.79. The first-order valence-corrected chi connectivity index (χ1v) is 6.48. The van der Waals surface area contributed by atoms with Crippen molar-refractivity contribution in [2.75, 3.05) is 5.32 Å². The van der Waals surface area contributed by atoms with Crippen molar-refractivity contribution in [3.8, 4) is 0 Å². The highest BCUT2D eigenvalue weighted by atomic mass is 35.5. The molecule has 2 atom stereocenters. The molecule has 0 aliphatic heterocycles. The summed E-state index contributed by atoms with van der Waals surface area (Å²) in [6, 6.07) is 3.11. The molecule has 5 heteroatoms. The summed E-state index contributed by atoms with van der Waals surface area (Å²) in [6.07, 6.45) is 2.06. The number of carboxylic acid groups (broad SMARTS) is 1. The first-order valence-electron chi connectivity index (χ1n) is 6.10. The van der Waals surface area contributed by atoms with Crippen LogP contribution in [-0.2, 0) is 0 Å². The molecule has 0 aliphatic carbocycles. The second-order valence-corrected chi connectivity index (χ2v) is 5.02. The van der Waals surface area contributed by atoms with Crippen LogP contribution in [0.1, 0.15) is 44.0 Å². The Morgan fingerprint density at radius 1 is 1.50 bits per heavy atom. The topological polar surface area (TPSA) is 62.2 Å². The normalized spacial score (nSPS) is 14.0. The lowest BCUT2D eigenvalue weighted by Gasteiger charge is -2.19. The van der Waals surface area contributed by atoms with Crippen LogP contribution < -0.4 is 5.32 Å². The quantitative estimate of drug-likeness (QED) is 0.774. The minimum Gasteiger partial charge on any atom is -0.478 e. The standard InChI is InChI=1S/C13H19ClN2O2/c1-4-8(2)7-9(3)15-12-10(13(17)18)5-6-11(14)16-12/h5-6,8-9H,4,7H2,1-3H3,(H,15,16)(H,17,18). The zero-order chi connectivity index (χ0) is 13.7. The minimum atomic E-state index is -1.00. The molecule has 0 fully saturated rings. The van der Waals surface area contributed by atoms with E-state index in [9.17, 15) is 4.79 Å². The fourth-order valence-electron chi connectivity index (χ4n) is 1.78. The van der Waals surface area contributed by atoms with Gasteiger partial charge in [0.2, 0.25) is 0 Å². The van der Waals surface area contributed by atoms with E-state index in [4.69, 9.17) is 16.7 Å². The molecule has 0 aromatic carbocycles. The van der Waals surface area contributed by atoms with Crippen molar-refractivity contribution in [1.82, 2.24) is 4.98 Å². The number of hydrogen-bond donors (Lipinski definition) is 2. The number of aromatic nitrogens is 1. The fourth-order valence-corrected chi connectivity index (χ4v) is 1.93. The second-order valence-electron chi connectivity index (χ2n) is 4.63. The van der Waals surface area contributed by atoms with Gasteiger partial charge in [0.15, 0.2) is 0 Å². The molecular formula is C13H19ClN2O2. The summed E-state index contributed by atoms with van der Waals surface area (Å²) in [5.41, 5.74) is 0.149. The molecular weight excluding hydrogens is 252 g/mol. The first kappa shape index (κ1) is 14.8. The second kappa shape index (κ2) is 6.59. The highest BCUT2D eigenvalue weighted by Gasteiger charge is 2.15. The van der Waals surface area contributed by atoms with Crippen LogP contribution in [0, 0.1) is 5.92 Å². The minimum absolute atomic E-state index is 0.149. The highest BCUT2D eigenvalue weighted by molar-refractivity contribution is 6.29. The maximum atomic E-state index is 11.1. The van der Waals surface area contributed by atoms with E-state index in [1.165, 1.54) is 12.1 Å². The zero-order valence-electron chi connectivity index (χ0n) is 10.9. The summed E-state index contributed by atoms with van der Waals surface area (Å²) in [5.74, 6) is -0.0804. The predicted molar refractivity (Wildman–Crippen MR) is 73.4 cm³/mol. The Bertz CT molecular complexity index is 423. The smallest absolute Gasteiger partial charge is 0.339 e. The van der Waals surface area contributed by atoms with Gasteiger partial charge in [-0.05, 0) is 31.4 Å². The first-order chi connectivity index (χ1) is 8.43. The molecule has 1 aromatic heterocycles. The molecule has 0 amide bonds. The number of halogens is 1. The molecule has 0 saturated carbocycles. The van der Waals surface area contributed by atoms with Crippen LogP contribution in [0.4, 0.5) is 5.82 Å². The van der Waals surface area contributed by atoms with Crippen LogP contribution in [0.15, 0.2) is 12.1 Å². The number of nitrogens with zero attached hydrogens (tertiary/aromatic N) is 1. The van der Waals surface area contributed by atoms with Crippen molar-refractivity contribution in [2.24, 2.45) is 5.92 Å². The summed E-state index contributed by atoms with van der Waals surface area (Å²) in [6.45, 7) is 6.32. The van der Waals surface area contributed by atoms with E-state index in [1.807, 2.05) is 6.92 Å². The Balaban J connectivity index is 2.82. The van der Waals surface area contributed by atoms with Crippen molar-refractivity contribution in [3.05, 3.63) is 22.8 Å². The Morgan fingerprint density at radius 3 is 2.72 bits per heavy atom. The van der Waals surface area contributed by atoms with Crippen molar-refractivity contribution in [3.63, 3.8) is 0 Å². The van der Waals surface area contributed by atoms with Crippen LogP contribution in [-0.4, -0.2) is 22.1 Å². The summed E-state index contributed by atoms with van der Waals surface area (Å²) < 4.78 is 0. The van der Waals surface area contributed by atoms with E-state index in [0.29, 0.717) is 16.9 Å². The summed E-state index contributed by atoms with van der Waals surface area (Å²) in [7, 11) is 0. The van der Waals surface area contributed by atoms with Gasteiger partial charge in [-0.3, -0.25) is 0 Å². The van der Waals surface area contributed by atoms with Gasteiger partial charge in [0.25, 0.3) is 0 Å². The van der Waals surface area contributed by atoms with E-state index >= 15 is 0 Å². The number of carbonyl (C=O) groups is 1. The van der Waals surface area contributed by atoms with Gasteiger partial charge in [-0.1, -0.05) is 31.9 Å². The maximum absolute atomic E-state index is 11.1. The number of aromatic carboxylic acids is 1. The number of nitrogens with one attached hydrogen (secondary N) is 1. The lowest BCUT2D eigenvalue weighted by atomic mass is 10.0. The number of carboxylic acids is 1. The lowest BCUT2D eigenvalue weighted by molar-refractivity contribution is 0.0697. The van der Waals surface area contributed by atoms with Gasteiger partial charge in [-0.2, -0.15) is 0 Å². The third-order valence-corrected chi connectivity index (χ3v) is 3.14. The Morgan fingerprint density at radius 2 is 2.17 bits per heavy atom. The molecule has 0 saturated heterocycles. The average Bonchev–Trinajstić information content (AvgIpc) is 2.28. The third-order valence-electron chi connectivity index (χ3n) is 2.93. The predicted octanol–water partition coefficient (Wildman–Crippen LogP) is 3.67. The average molecular weight is 271 g/mol. The van der Waals surface area contributed by atoms with Gasteiger partial charge in [-0.15, -0.1) is 0 Å². The van der Waals surface area contributed by atoms with Crippen LogP contribution in [0.5, 0.6) is 0 Å². The molecule has 0 bridgehead atoms. The van der Waals surface area contributed by atoms with Gasteiger partial charge in [-0.25, -0.2) is 9.78 Å². The number of hydrogen-bond acceptors (Lipinski definition) is 3. The summed E-state index contributed by atoms with van der Waals surface area (Å²) in [5, 5.41) is 12.5. The van der Waals surface area contributed by atoms with Gasteiger partial charge >= 0.3 is 5.97 Å². The Labute approximate surface area is 112 Å². The molecule has 1 heterocycles. The van der Waals surface area contributed by atoms with Crippen molar-refractivity contribution < 1.29 is 9.90 Å². The molecule has 1 aromatic rings. The number of rotatable bonds is 6. The molecule has 0 aliphatic rings. The van der Waals surface area contributed by atoms with Gasteiger partial charge in [0.1, 0.15) is 16.5 Å². The van der Waals surface area contributed by atoms with Gasteiger partial charge in [0.05, 0.1) is 0 Å². The summed E-state index contributed by atoms with van der Waals surface area (Å²) in [4.78, 5) is 15.1. The number of pyridine rings is 1. The van der Waals surface area contributed by atoms with Gasteiger partial charge in [0, 0.05) is 6.04 Å². The Kier molecular flexibility index (Phi) is 5.41. The van der Waals surface area contributed by atoms with Gasteiger partial charge < -0.3 is 10.4 Å². The van der Waals surface area contributed by atoms with E-state index in [2.05, 4.69) is 24.1 Å². The Hall–Kier alpha value is -1.29. The highest BCUT2D eigenvalue weighted by Crippen LogP contribution is 2.19. The van der Waals surface area contributed by atoms with E-state index in [1.54, 1.807) is 0 Å². The lowest BCUT2D eigenvalue weighted by Crippen LogP contribution is -2.21. The third kappa shape index (κ3) is 4.18. The van der Waals surface area contributed by atoms with Crippen molar-refractivity contribution in [1.29, 1.82) is 0 Å². The largest absolute Gasteiger partial charge is 0.478 e. The van der Waals surface area contributed by atoms with E-state index < -0.39 is 5.97 Å². The molecule has 0 radical (unpaired) electrons. The van der Waals surface area contributed by atoms with E-state index in [-0.39, 0.29) is 11.6 Å². The van der Waals surface area contributed by atoms with Crippen LogP contribution >= 0.6 is 11.6 Å². The molecule has 4 nitrogen and oxygen atoms in total. The number of anilines is 1. The van der Waals surface area contributed by atoms with Crippen LogP contribution in [0.2, 0.25) is 5.15 Å². The fraction of sp³-hybridized carbons (Fsp3) is 0.538. The van der Waals surface area contributed by atoms with Crippen molar-refractivity contribution >= 4 is 23.4 Å². The SMILES string of the molecule is CCC(C)CC(C)Nc1nc(Cl)ccc1C(=O)O.